The predicted molar refractivity (Wildman–Crippen MR) is 110 cm³/mol. The Labute approximate surface area is 160 Å². The van der Waals surface area contributed by atoms with E-state index in [1.807, 2.05) is 24.8 Å². The molecule has 2 aromatic rings. The molecule has 136 valence electrons. The van der Waals surface area contributed by atoms with Gasteiger partial charge >= 0.3 is 5.97 Å². The van der Waals surface area contributed by atoms with Crippen molar-refractivity contribution >= 4 is 17.7 Å². The molecule has 0 spiro atoms. The first-order chi connectivity index (χ1) is 12.8. The van der Waals surface area contributed by atoms with Crippen LogP contribution in [0.2, 0.25) is 0 Å². The van der Waals surface area contributed by atoms with Gasteiger partial charge in [-0.1, -0.05) is 54.6 Å². The van der Waals surface area contributed by atoms with Crippen LogP contribution in [0.15, 0.2) is 65.1 Å². The molecule has 0 saturated carbocycles. The quantitative estimate of drug-likeness (QED) is 0.560. The lowest BCUT2D eigenvalue weighted by molar-refractivity contribution is -0.138. The van der Waals surface area contributed by atoms with Gasteiger partial charge in [0.25, 0.3) is 0 Å². The highest BCUT2D eigenvalue weighted by Gasteiger charge is 2.20. The Balaban J connectivity index is 1.58. The van der Waals surface area contributed by atoms with Gasteiger partial charge in [-0.3, -0.25) is 0 Å². The molecule has 3 rings (SSSR count). The Kier molecular flexibility index (Phi) is 6.96. The zero-order valence-electron chi connectivity index (χ0n) is 15.4. The van der Waals surface area contributed by atoms with Crippen molar-refractivity contribution in [3.63, 3.8) is 0 Å². The van der Waals surface area contributed by atoms with E-state index in [0.29, 0.717) is 6.61 Å². The van der Waals surface area contributed by atoms with Crippen LogP contribution >= 0.6 is 11.8 Å². The van der Waals surface area contributed by atoms with Crippen LogP contribution in [0.5, 0.6) is 0 Å². The van der Waals surface area contributed by atoms with Crippen molar-refractivity contribution in [1.82, 2.24) is 0 Å². The Morgan fingerprint density at radius 3 is 2.38 bits per heavy atom. The Bertz CT molecular complexity index is 748. The number of allylic oxidation sites excluding steroid dienone is 1. The highest BCUT2D eigenvalue weighted by atomic mass is 32.2. The molecule has 0 fully saturated rings. The first kappa shape index (κ1) is 18.8. The fourth-order valence-electron chi connectivity index (χ4n) is 3.26. The van der Waals surface area contributed by atoms with E-state index in [9.17, 15) is 4.79 Å². The maximum Gasteiger partial charge on any atom is 0.334 e. The molecule has 0 radical (unpaired) electrons. The average Bonchev–Trinajstić information content (AvgIpc) is 2.70. The fourth-order valence-corrected chi connectivity index (χ4v) is 4.49. The van der Waals surface area contributed by atoms with Crippen LogP contribution in [0, 0.1) is 0 Å². The van der Waals surface area contributed by atoms with Crippen molar-refractivity contribution in [1.29, 1.82) is 0 Å². The normalized spacial score (nSPS) is 14.3. The van der Waals surface area contributed by atoms with Gasteiger partial charge in [-0.15, -0.1) is 11.8 Å². The van der Waals surface area contributed by atoms with E-state index in [4.69, 9.17) is 4.74 Å². The van der Waals surface area contributed by atoms with Crippen LogP contribution in [-0.4, -0.2) is 18.3 Å². The van der Waals surface area contributed by atoms with Crippen LogP contribution < -0.4 is 0 Å². The van der Waals surface area contributed by atoms with Gasteiger partial charge in [-0.25, -0.2) is 4.79 Å². The van der Waals surface area contributed by atoms with E-state index in [1.54, 1.807) is 0 Å². The van der Waals surface area contributed by atoms with E-state index in [0.717, 1.165) is 37.0 Å². The first-order valence-corrected chi connectivity index (χ1v) is 10.4. The van der Waals surface area contributed by atoms with Crippen molar-refractivity contribution in [2.24, 2.45) is 0 Å². The van der Waals surface area contributed by atoms with Gasteiger partial charge in [-0.2, -0.15) is 0 Å². The number of carbonyl (C=O) groups excluding carboxylic acids is 1. The van der Waals surface area contributed by atoms with E-state index in [1.165, 1.54) is 28.0 Å². The maximum atomic E-state index is 12.1. The number of thioether (sulfide) groups is 1. The number of aryl methyl sites for hydroxylation is 1. The van der Waals surface area contributed by atoms with Gasteiger partial charge in [0, 0.05) is 11.3 Å². The molecule has 3 heteroatoms. The molecule has 1 aliphatic carbocycles. The Morgan fingerprint density at radius 1 is 0.962 bits per heavy atom. The van der Waals surface area contributed by atoms with Crippen LogP contribution in [0.3, 0.4) is 0 Å². The van der Waals surface area contributed by atoms with Crippen molar-refractivity contribution < 1.29 is 9.53 Å². The van der Waals surface area contributed by atoms with E-state index in [2.05, 4.69) is 48.5 Å². The summed E-state index contributed by atoms with van der Waals surface area (Å²) in [7, 11) is 0. The highest BCUT2D eigenvalue weighted by Crippen LogP contribution is 2.34. The van der Waals surface area contributed by atoms with Gasteiger partial charge < -0.3 is 4.74 Å². The van der Waals surface area contributed by atoms with Crippen LogP contribution in [0.1, 0.15) is 38.2 Å². The molecule has 0 aromatic heterocycles. The lowest BCUT2D eigenvalue weighted by Gasteiger charge is -2.18. The highest BCUT2D eigenvalue weighted by molar-refractivity contribution is 8.03. The van der Waals surface area contributed by atoms with Crippen LogP contribution in [0.25, 0.3) is 11.1 Å². The molecule has 0 saturated heterocycles. The second kappa shape index (κ2) is 9.63. The van der Waals surface area contributed by atoms with Crippen molar-refractivity contribution in [3.05, 3.63) is 70.6 Å². The topological polar surface area (TPSA) is 26.3 Å². The molecule has 0 unspecified atom stereocenters. The first-order valence-electron chi connectivity index (χ1n) is 9.44. The third-order valence-electron chi connectivity index (χ3n) is 4.67. The molecule has 0 N–H and O–H groups in total. The molecule has 0 atom stereocenters. The molecule has 2 aromatic carbocycles. The Morgan fingerprint density at radius 2 is 1.65 bits per heavy atom. The third kappa shape index (κ3) is 5.01. The van der Waals surface area contributed by atoms with Gasteiger partial charge in [0.2, 0.25) is 0 Å². The molecule has 2 nitrogen and oxygen atoms in total. The minimum Gasteiger partial charge on any atom is -0.463 e. The number of carbonyl (C=O) groups is 1. The second-order valence-corrected chi connectivity index (χ2v) is 7.68. The molecule has 0 amide bonds. The fraction of sp³-hybridized carbons (Fsp3) is 0.348. The lowest BCUT2D eigenvalue weighted by Crippen LogP contribution is -2.12. The summed E-state index contributed by atoms with van der Waals surface area (Å²) in [6.07, 6.45) is 5.17. The molecule has 1 aliphatic rings. The number of hydrogen-bond donors (Lipinski definition) is 0. The summed E-state index contributed by atoms with van der Waals surface area (Å²) in [5, 5.41) is 0. The molecular weight excluding hydrogens is 340 g/mol. The van der Waals surface area contributed by atoms with E-state index < -0.39 is 0 Å². The molecule has 0 bridgehead atoms. The summed E-state index contributed by atoms with van der Waals surface area (Å²) in [6, 6.07) is 19.3. The van der Waals surface area contributed by atoms with Crippen molar-refractivity contribution in [2.75, 3.05) is 12.4 Å². The second-order valence-electron chi connectivity index (χ2n) is 6.49. The summed E-state index contributed by atoms with van der Waals surface area (Å²) in [5.74, 6) is 0.894. The standard InChI is InChI=1S/C23H26O2S/c1-2-25-23(24)21-10-6-7-11-22(21)26-17-16-18-12-14-20(15-13-18)19-8-4-3-5-9-19/h3-5,8-9,12-15H,2,6-7,10-11,16-17H2,1H3. The monoisotopic (exact) mass is 366 g/mol. The molecule has 0 aliphatic heterocycles. The van der Waals surface area contributed by atoms with Crippen LogP contribution in [0.4, 0.5) is 0 Å². The Hall–Kier alpha value is -2.00. The summed E-state index contributed by atoms with van der Waals surface area (Å²) in [6.45, 7) is 2.32. The van der Waals surface area contributed by atoms with Crippen molar-refractivity contribution in [3.8, 4) is 11.1 Å². The number of rotatable bonds is 7. The molecular formula is C23H26O2S. The average molecular weight is 367 g/mol. The summed E-state index contributed by atoms with van der Waals surface area (Å²) in [4.78, 5) is 13.4. The zero-order chi connectivity index (χ0) is 18.2. The zero-order valence-corrected chi connectivity index (χ0v) is 16.2. The largest absolute Gasteiger partial charge is 0.463 e. The van der Waals surface area contributed by atoms with Crippen LogP contribution in [-0.2, 0) is 16.0 Å². The third-order valence-corrected chi connectivity index (χ3v) is 5.87. The smallest absolute Gasteiger partial charge is 0.334 e. The molecule has 26 heavy (non-hydrogen) atoms. The summed E-state index contributed by atoms with van der Waals surface area (Å²) >= 11 is 1.83. The summed E-state index contributed by atoms with van der Waals surface area (Å²) in [5.41, 5.74) is 4.76. The minimum atomic E-state index is -0.109. The number of ether oxygens (including phenoxy) is 1. The lowest BCUT2D eigenvalue weighted by atomic mass is 9.99. The van der Waals surface area contributed by atoms with Gasteiger partial charge in [0.1, 0.15) is 0 Å². The number of hydrogen-bond acceptors (Lipinski definition) is 3. The van der Waals surface area contributed by atoms with Gasteiger partial charge in [0.05, 0.1) is 6.61 Å². The van der Waals surface area contributed by atoms with Crippen molar-refractivity contribution in [2.45, 2.75) is 39.0 Å². The predicted octanol–water partition coefficient (Wildman–Crippen LogP) is 6.02. The SMILES string of the molecule is CCOC(=O)C1=C(SCCc2ccc(-c3ccccc3)cc2)CCCC1. The van der Waals surface area contributed by atoms with Gasteiger partial charge in [0.15, 0.2) is 0 Å². The van der Waals surface area contributed by atoms with E-state index in [-0.39, 0.29) is 5.97 Å². The minimum absolute atomic E-state index is 0.109. The molecule has 0 heterocycles. The number of benzene rings is 2. The van der Waals surface area contributed by atoms with E-state index >= 15 is 0 Å². The maximum absolute atomic E-state index is 12.1. The van der Waals surface area contributed by atoms with Gasteiger partial charge in [-0.05, 0) is 60.6 Å². The summed E-state index contributed by atoms with van der Waals surface area (Å²) < 4.78 is 5.22. The number of esters is 1.